The van der Waals surface area contributed by atoms with E-state index in [2.05, 4.69) is 15.3 Å². The first kappa shape index (κ1) is 12.3. The van der Waals surface area contributed by atoms with Crippen LogP contribution in [0.15, 0.2) is 12.4 Å². The standard InChI is InChI=1S/C11H15N5O2/c1-3-4-8-10(11(17)18)13-14-16(8)7-9-12-5-6-15(9)2/h5-6H,3-4,7H2,1-2H3,(H,17,18). The van der Waals surface area contributed by atoms with Gasteiger partial charge in [-0.1, -0.05) is 18.6 Å². The molecule has 0 aliphatic heterocycles. The Labute approximate surface area is 104 Å². The number of imidazole rings is 1. The van der Waals surface area contributed by atoms with E-state index in [9.17, 15) is 4.79 Å². The first-order valence-electron chi connectivity index (χ1n) is 5.75. The molecule has 0 bridgehead atoms. The minimum atomic E-state index is -1.04. The number of aromatic nitrogens is 5. The largest absolute Gasteiger partial charge is 0.476 e. The molecule has 0 radical (unpaired) electrons. The van der Waals surface area contributed by atoms with Gasteiger partial charge in [-0.05, 0) is 6.42 Å². The van der Waals surface area contributed by atoms with Gasteiger partial charge in [-0.3, -0.25) is 0 Å². The molecule has 0 saturated heterocycles. The molecule has 2 aromatic rings. The molecule has 1 N–H and O–H groups in total. The molecule has 0 aliphatic carbocycles. The Bertz CT molecular complexity index is 558. The SMILES string of the molecule is CCCc1c(C(=O)O)nnn1Cc1nccn1C. The second-order valence-electron chi connectivity index (χ2n) is 4.05. The number of aryl methyl sites for hydroxylation is 1. The van der Waals surface area contributed by atoms with Crippen molar-refractivity contribution in [3.05, 3.63) is 29.6 Å². The molecule has 0 fully saturated rings. The van der Waals surface area contributed by atoms with Crippen LogP contribution < -0.4 is 0 Å². The van der Waals surface area contributed by atoms with E-state index >= 15 is 0 Å². The van der Waals surface area contributed by atoms with E-state index in [1.807, 2.05) is 24.7 Å². The van der Waals surface area contributed by atoms with Crippen molar-refractivity contribution in [3.63, 3.8) is 0 Å². The Balaban J connectivity index is 2.33. The summed E-state index contributed by atoms with van der Waals surface area (Å²) in [5, 5.41) is 16.7. The molecule has 0 aromatic carbocycles. The van der Waals surface area contributed by atoms with Crippen molar-refractivity contribution in [3.8, 4) is 0 Å². The van der Waals surface area contributed by atoms with Gasteiger partial charge in [0.15, 0.2) is 5.69 Å². The predicted octanol–water partition coefficient (Wildman–Crippen LogP) is 0.711. The Morgan fingerprint density at radius 1 is 1.50 bits per heavy atom. The van der Waals surface area contributed by atoms with Crippen LogP contribution in [0.3, 0.4) is 0 Å². The monoisotopic (exact) mass is 249 g/mol. The van der Waals surface area contributed by atoms with Crippen molar-refractivity contribution < 1.29 is 9.90 Å². The van der Waals surface area contributed by atoms with Gasteiger partial charge in [-0.25, -0.2) is 14.5 Å². The fraction of sp³-hybridized carbons (Fsp3) is 0.455. The van der Waals surface area contributed by atoms with Crippen LogP contribution in [0.2, 0.25) is 0 Å². The van der Waals surface area contributed by atoms with Crippen LogP contribution in [0, 0.1) is 0 Å². The fourth-order valence-electron chi connectivity index (χ4n) is 1.79. The zero-order valence-electron chi connectivity index (χ0n) is 10.4. The molecule has 96 valence electrons. The molecule has 0 spiro atoms. The highest BCUT2D eigenvalue weighted by Gasteiger charge is 2.18. The summed E-state index contributed by atoms with van der Waals surface area (Å²) in [6.07, 6.45) is 5.01. The third-order valence-electron chi connectivity index (χ3n) is 2.74. The quantitative estimate of drug-likeness (QED) is 0.843. The summed E-state index contributed by atoms with van der Waals surface area (Å²) in [6.45, 7) is 2.42. The zero-order chi connectivity index (χ0) is 13.1. The molecule has 2 heterocycles. The summed E-state index contributed by atoms with van der Waals surface area (Å²) in [4.78, 5) is 15.2. The van der Waals surface area contributed by atoms with E-state index in [0.717, 1.165) is 12.2 Å². The molecular weight excluding hydrogens is 234 g/mol. The summed E-state index contributed by atoms with van der Waals surface area (Å²) < 4.78 is 3.48. The third-order valence-corrected chi connectivity index (χ3v) is 2.74. The van der Waals surface area contributed by atoms with Crippen molar-refractivity contribution in [2.24, 2.45) is 7.05 Å². The van der Waals surface area contributed by atoms with Crippen molar-refractivity contribution in [1.29, 1.82) is 0 Å². The number of hydrogen-bond acceptors (Lipinski definition) is 4. The Kier molecular flexibility index (Phi) is 3.40. The smallest absolute Gasteiger partial charge is 0.358 e. The Morgan fingerprint density at radius 3 is 2.83 bits per heavy atom. The molecule has 0 unspecified atom stereocenters. The van der Waals surface area contributed by atoms with E-state index in [4.69, 9.17) is 5.11 Å². The molecular formula is C11H15N5O2. The van der Waals surface area contributed by atoms with Crippen LogP contribution in [0.25, 0.3) is 0 Å². The summed E-state index contributed by atoms with van der Waals surface area (Å²) in [5.74, 6) is -0.223. The second-order valence-corrected chi connectivity index (χ2v) is 4.05. The van der Waals surface area contributed by atoms with E-state index < -0.39 is 5.97 Å². The first-order valence-corrected chi connectivity index (χ1v) is 5.75. The summed E-state index contributed by atoms with van der Waals surface area (Å²) in [7, 11) is 1.89. The number of hydrogen-bond donors (Lipinski definition) is 1. The van der Waals surface area contributed by atoms with E-state index in [1.165, 1.54) is 0 Å². The molecule has 18 heavy (non-hydrogen) atoms. The maximum absolute atomic E-state index is 11.0. The van der Waals surface area contributed by atoms with E-state index in [-0.39, 0.29) is 5.69 Å². The first-order chi connectivity index (χ1) is 8.63. The van der Waals surface area contributed by atoms with Gasteiger partial charge < -0.3 is 9.67 Å². The van der Waals surface area contributed by atoms with Gasteiger partial charge in [0, 0.05) is 19.4 Å². The molecule has 2 aromatic heterocycles. The van der Waals surface area contributed by atoms with Gasteiger partial charge in [0.05, 0.1) is 5.69 Å². The van der Waals surface area contributed by atoms with Gasteiger partial charge in [-0.15, -0.1) is 5.10 Å². The van der Waals surface area contributed by atoms with Crippen LogP contribution in [0.5, 0.6) is 0 Å². The second kappa shape index (κ2) is 4.99. The molecule has 0 aliphatic rings. The van der Waals surface area contributed by atoms with Crippen LogP contribution >= 0.6 is 0 Å². The highest BCUT2D eigenvalue weighted by atomic mass is 16.4. The minimum absolute atomic E-state index is 0.0334. The third kappa shape index (κ3) is 2.24. The molecule has 0 amide bonds. The van der Waals surface area contributed by atoms with E-state index in [1.54, 1.807) is 10.9 Å². The lowest BCUT2D eigenvalue weighted by molar-refractivity contribution is 0.0689. The lowest BCUT2D eigenvalue weighted by atomic mass is 10.2. The number of carboxylic acid groups (broad SMARTS) is 1. The van der Waals surface area contributed by atoms with Crippen molar-refractivity contribution in [1.82, 2.24) is 24.5 Å². The molecule has 0 saturated carbocycles. The average molecular weight is 249 g/mol. The Morgan fingerprint density at radius 2 is 2.28 bits per heavy atom. The number of aromatic carboxylic acids is 1. The van der Waals surface area contributed by atoms with Gasteiger partial charge in [0.2, 0.25) is 0 Å². The van der Waals surface area contributed by atoms with Crippen molar-refractivity contribution >= 4 is 5.97 Å². The lowest BCUT2D eigenvalue weighted by Crippen LogP contribution is -2.12. The number of carboxylic acids is 1. The number of nitrogens with zero attached hydrogens (tertiary/aromatic N) is 5. The topological polar surface area (TPSA) is 85.8 Å². The van der Waals surface area contributed by atoms with Crippen LogP contribution in [-0.2, 0) is 20.0 Å². The number of rotatable bonds is 5. The summed E-state index contributed by atoms with van der Waals surface area (Å²) in [6, 6.07) is 0. The van der Waals surface area contributed by atoms with Crippen LogP contribution in [0.4, 0.5) is 0 Å². The van der Waals surface area contributed by atoms with Crippen LogP contribution in [0.1, 0.15) is 35.4 Å². The summed E-state index contributed by atoms with van der Waals surface area (Å²) in [5.41, 5.74) is 0.680. The van der Waals surface area contributed by atoms with E-state index in [0.29, 0.717) is 18.7 Å². The minimum Gasteiger partial charge on any atom is -0.476 e. The average Bonchev–Trinajstić information content (AvgIpc) is 2.89. The normalized spacial score (nSPS) is 10.8. The van der Waals surface area contributed by atoms with Gasteiger partial charge in [0.1, 0.15) is 12.4 Å². The zero-order valence-corrected chi connectivity index (χ0v) is 10.4. The van der Waals surface area contributed by atoms with Gasteiger partial charge >= 0.3 is 5.97 Å². The number of carbonyl (C=O) groups is 1. The maximum atomic E-state index is 11.0. The van der Waals surface area contributed by atoms with Crippen molar-refractivity contribution in [2.75, 3.05) is 0 Å². The highest BCUT2D eigenvalue weighted by Crippen LogP contribution is 2.10. The molecule has 2 rings (SSSR count). The molecule has 7 heteroatoms. The Hall–Kier alpha value is -2.18. The lowest BCUT2D eigenvalue weighted by Gasteiger charge is -2.06. The van der Waals surface area contributed by atoms with Gasteiger partial charge in [0.25, 0.3) is 0 Å². The van der Waals surface area contributed by atoms with Crippen molar-refractivity contribution in [2.45, 2.75) is 26.3 Å². The predicted molar refractivity (Wildman–Crippen MR) is 63.3 cm³/mol. The molecule has 0 atom stereocenters. The van der Waals surface area contributed by atoms with Gasteiger partial charge in [-0.2, -0.15) is 0 Å². The molecule has 7 nitrogen and oxygen atoms in total. The summed E-state index contributed by atoms with van der Waals surface area (Å²) >= 11 is 0. The van der Waals surface area contributed by atoms with Crippen LogP contribution in [-0.4, -0.2) is 35.6 Å². The maximum Gasteiger partial charge on any atom is 0.358 e. The fourth-order valence-corrected chi connectivity index (χ4v) is 1.79. The highest BCUT2D eigenvalue weighted by molar-refractivity contribution is 5.86.